The third-order valence-corrected chi connectivity index (χ3v) is 2.27. The molecule has 1 aliphatic heterocycles. The fourth-order valence-corrected chi connectivity index (χ4v) is 1.49. The SMILES string of the molecule is CC(=O)N[C@H]1[C@H](O)[C@@H](O)[C@H](CO)O[C@@H]1O. The van der Waals surface area contributed by atoms with Gasteiger partial charge in [-0.25, -0.2) is 0 Å². The molecule has 0 saturated carbocycles. The number of rotatable bonds is 2. The molecule has 0 aromatic heterocycles. The number of ether oxygens (including phenoxy) is 1. The van der Waals surface area contributed by atoms with Crippen LogP contribution in [-0.4, -0.2) is 63.6 Å². The van der Waals surface area contributed by atoms with Crippen LogP contribution in [0.1, 0.15) is 6.92 Å². The molecule has 5 N–H and O–H groups in total. The van der Waals surface area contributed by atoms with Gasteiger partial charge in [-0.3, -0.25) is 4.79 Å². The predicted octanol–water partition coefficient (Wildman–Crippen LogP) is -3.08. The Labute approximate surface area is 86.3 Å². The Bertz CT molecular complexity index is 235. The minimum absolute atomic E-state index is 0.462. The lowest BCUT2D eigenvalue weighted by molar-refractivity contribution is -0.253. The molecule has 1 heterocycles. The number of hydrogen-bond acceptors (Lipinski definition) is 6. The third-order valence-electron chi connectivity index (χ3n) is 2.27. The Hall–Kier alpha value is -0.730. The van der Waals surface area contributed by atoms with Gasteiger partial charge in [0.25, 0.3) is 0 Å². The molecule has 7 nitrogen and oxygen atoms in total. The highest BCUT2D eigenvalue weighted by molar-refractivity contribution is 5.73. The van der Waals surface area contributed by atoms with Gasteiger partial charge in [0.15, 0.2) is 6.29 Å². The van der Waals surface area contributed by atoms with Gasteiger partial charge in [0, 0.05) is 6.92 Å². The van der Waals surface area contributed by atoms with Crippen LogP contribution in [0.25, 0.3) is 0 Å². The lowest BCUT2D eigenvalue weighted by atomic mass is 9.97. The van der Waals surface area contributed by atoms with Crippen molar-refractivity contribution in [3.8, 4) is 0 Å². The largest absolute Gasteiger partial charge is 0.394 e. The number of amides is 1. The van der Waals surface area contributed by atoms with Crippen LogP contribution >= 0.6 is 0 Å². The van der Waals surface area contributed by atoms with E-state index in [0.717, 1.165) is 0 Å². The van der Waals surface area contributed by atoms with E-state index < -0.39 is 43.2 Å². The number of carbonyl (C=O) groups is 1. The standard InChI is InChI=1S/C8H15NO6/c1-3(11)9-5-7(13)6(12)4(2-10)15-8(5)14/h4-8,10,12-14H,2H2,1H3,(H,9,11)/t4-,5-,6-,7-,8-/m0/s1. The second-order valence-electron chi connectivity index (χ2n) is 3.46. The van der Waals surface area contributed by atoms with E-state index in [4.69, 9.17) is 9.84 Å². The average molecular weight is 221 g/mol. The van der Waals surface area contributed by atoms with Crippen LogP contribution in [0.5, 0.6) is 0 Å². The van der Waals surface area contributed by atoms with Gasteiger partial charge in [-0.1, -0.05) is 0 Å². The monoisotopic (exact) mass is 221 g/mol. The number of carbonyl (C=O) groups excluding carboxylic acids is 1. The van der Waals surface area contributed by atoms with E-state index >= 15 is 0 Å². The van der Waals surface area contributed by atoms with Crippen LogP contribution in [0.3, 0.4) is 0 Å². The summed E-state index contributed by atoms with van der Waals surface area (Å²) in [6.45, 7) is 0.687. The van der Waals surface area contributed by atoms with E-state index in [0.29, 0.717) is 0 Å². The Morgan fingerprint density at radius 2 is 1.93 bits per heavy atom. The first-order chi connectivity index (χ1) is 6.97. The fourth-order valence-electron chi connectivity index (χ4n) is 1.49. The molecule has 1 amide bonds. The lowest BCUT2D eigenvalue weighted by Crippen LogP contribution is -2.63. The first-order valence-electron chi connectivity index (χ1n) is 4.55. The van der Waals surface area contributed by atoms with Gasteiger partial charge in [0.2, 0.25) is 5.91 Å². The molecule has 88 valence electrons. The van der Waals surface area contributed by atoms with Gasteiger partial charge in [-0.2, -0.15) is 0 Å². The molecule has 15 heavy (non-hydrogen) atoms. The van der Waals surface area contributed by atoms with Crippen molar-refractivity contribution >= 4 is 5.91 Å². The molecule has 0 aliphatic carbocycles. The topological polar surface area (TPSA) is 119 Å². The van der Waals surface area contributed by atoms with Crippen molar-refractivity contribution < 1.29 is 30.0 Å². The van der Waals surface area contributed by atoms with E-state index in [1.807, 2.05) is 0 Å². The highest BCUT2D eigenvalue weighted by Crippen LogP contribution is 2.19. The summed E-state index contributed by atoms with van der Waals surface area (Å²) >= 11 is 0. The van der Waals surface area contributed by atoms with E-state index in [-0.39, 0.29) is 0 Å². The summed E-state index contributed by atoms with van der Waals surface area (Å²) in [7, 11) is 0. The van der Waals surface area contributed by atoms with Crippen molar-refractivity contribution in [2.24, 2.45) is 0 Å². The zero-order chi connectivity index (χ0) is 11.6. The summed E-state index contributed by atoms with van der Waals surface area (Å²) < 4.78 is 4.81. The second kappa shape index (κ2) is 4.86. The molecule has 0 bridgehead atoms. The molecule has 1 saturated heterocycles. The number of aliphatic hydroxyl groups excluding tert-OH is 4. The van der Waals surface area contributed by atoms with E-state index in [1.54, 1.807) is 0 Å². The summed E-state index contributed by atoms with van der Waals surface area (Å²) in [6, 6.07) is -1.10. The van der Waals surface area contributed by atoms with Crippen molar-refractivity contribution in [2.45, 2.75) is 37.6 Å². The van der Waals surface area contributed by atoms with Gasteiger partial charge in [0.05, 0.1) is 6.61 Å². The molecule has 1 aliphatic rings. The molecule has 0 unspecified atom stereocenters. The summed E-state index contributed by atoms with van der Waals surface area (Å²) in [5.74, 6) is -0.462. The molecule has 0 radical (unpaired) electrons. The van der Waals surface area contributed by atoms with Crippen molar-refractivity contribution in [2.75, 3.05) is 6.61 Å². The summed E-state index contributed by atoms with van der Waals surface area (Å²) in [6.07, 6.45) is -5.24. The van der Waals surface area contributed by atoms with E-state index in [1.165, 1.54) is 6.92 Å². The van der Waals surface area contributed by atoms with Gasteiger partial charge in [-0.15, -0.1) is 0 Å². The smallest absolute Gasteiger partial charge is 0.217 e. The third kappa shape index (κ3) is 2.64. The van der Waals surface area contributed by atoms with Crippen LogP contribution in [0.15, 0.2) is 0 Å². The van der Waals surface area contributed by atoms with Crippen molar-refractivity contribution in [3.05, 3.63) is 0 Å². The summed E-state index contributed by atoms with van der Waals surface area (Å²) in [5.41, 5.74) is 0. The highest BCUT2D eigenvalue weighted by atomic mass is 16.6. The molecule has 0 aromatic carbocycles. The van der Waals surface area contributed by atoms with Gasteiger partial charge >= 0.3 is 0 Å². The van der Waals surface area contributed by atoms with Crippen LogP contribution in [0.4, 0.5) is 0 Å². The number of aliphatic hydroxyl groups is 4. The maximum Gasteiger partial charge on any atom is 0.217 e. The molecule has 0 aromatic rings. The van der Waals surface area contributed by atoms with Gasteiger partial charge in [-0.05, 0) is 0 Å². The molecule has 5 atom stereocenters. The lowest BCUT2D eigenvalue weighted by Gasteiger charge is -2.40. The predicted molar refractivity (Wildman–Crippen MR) is 47.6 cm³/mol. The second-order valence-corrected chi connectivity index (χ2v) is 3.46. The van der Waals surface area contributed by atoms with Crippen LogP contribution in [-0.2, 0) is 9.53 Å². The molecule has 7 heteroatoms. The quantitative estimate of drug-likeness (QED) is 0.337. The Balaban J connectivity index is 2.70. The molecular formula is C8H15NO6. The van der Waals surface area contributed by atoms with Crippen molar-refractivity contribution in [1.29, 1.82) is 0 Å². The fraction of sp³-hybridized carbons (Fsp3) is 0.875. The number of hydrogen-bond donors (Lipinski definition) is 5. The van der Waals surface area contributed by atoms with Crippen LogP contribution < -0.4 is 5.32 Å². The number of nitrogens with one attached hydrogen (secondary N) is 1. The van der Waals surface area contributed by atoms with Crippen LogP contribution in [0, 0.1) is 0 Å². The Kier molecular flexibility index (Phi) is 4.00. The maximum absolute atomic E-state index is 10.7. The first kappa shape index (κ1) is 12.3. The summed E-state index contributed by atoms with van der Waals surface area (Å²) in [4.78, 5) is 10.7. The average Bonchev–Trinajstić information content (AvgIpc) is 2.18. The normalized spacial score (nSPS) is 41.3. The van der Waals surface area contributed by atoms with Gasteiger partial charge in [0.1, 0.15) is 24.4 Å². The van der Waals surface area contributed by atoms with Crippen LogP contribution in [0.2, 0.25) is 0 Å². The first-order valence-corrected chi connectivity index (χ1v) is 4.55. The zero-order valence-electron chi connectivity index (χ0n) is 8.20. The minimum Gasteiger partial charge on any atom is -0.394 e. The van der Waals surface area contributed by atoms with Crippen molar-refractivity contribution in [3.63, 3.8) is 0 Å². The summed E-state index contributed by atoms with van der Waals surface area (Å²) in [5, 5.41) is 39.4. The van der Waals surface area contributed by atoms with E-state index in [2.05, 4.69) is 5.32 Å². The molecule has 1 rings (SSSR count). The Morgan fingerprint density at radius 1 is 1.33 bits per heavy atom. The van der Waals surface area contributed by atoms with Gasteiger partial charge < -0.3 is 30.5 Å². The zero-order valence-corrected chi connectivity index (χ0v) is 8.20. The highest BCUT2D eigenvalue weighted by Gasteiger charge is 2.43. The molecular weight excluding hydrogens is 206 g/mol. The molecule has 1 fully saturated rings. The molecule has 0 spiro atoms. The maximum atomic E-state index is 10.7. The Morgan fingerprint density at radius 3 is 2.40 bits per heavy atom. The minimum atomic E-state index is -1.45. The van der Waals surface area contributed by atoms with E-state index in [9.17, 15) is 20.1 Å². The van der Waals surface area contributed by atoms with Crippen molar-refractivity contribution in [1.82, 2.24) is 5.32 Å².